The largest absolute Gasteiger partial charge is 0.457 e. The molecule has 2 rings (SSSR count). The predicted octanol–water partition coefficient (Wildman–Crippen LogP) is 4.89. The van der Waals surface area contributed by atoms with Gasteiger partial charge in [-0.15, -0.1) is 0 Å². The minimum absolute atomic E-state index is 0.102. The van der Waals surface area contributed by atoms with Gasteiger partial charge < -0.3 is 10.5 Å². The van der Waals surface area contributed by atoms with E-state index in [4.69, 9.17) is 22.1 Å². The molecule has 2 aromatic carbocycles. The van der Waals surface area contributed by atoms with Gasteiger partial charge in [0.15, 0.2) is 0 Å². The highest BCUT2D eigenvalue weighted by atomic mass is 35.5. The average Bonchev–Trinajstić information content (AvgIpc) is 2.43. The number of nitrogens with two attached hydrogens (primary N) is 1. The standard InChI is InChI=1S/C18H22ClNO/c1-4-14-11-16(6-7-17(14)19)21-18-8-5-12(2)9-15(18)10-13(3)20/h5-9,11,13H,4,10,20H2,1-3H3. The maximum absolute atomic E-state index is 6.15. The summed E-state index contributed by atoms with van der Waals surface area (Å²) < 4.78 is 6.05. The van der Waals surface area contributed by atoms with E-state index in [0.29, 0.717) is 0 Å². The van der Waals surface area contributed by atoms with Crippen molar-refractivity contribution in [1.82, 2.24) is 0 Å². The van der Waals surface area contributed by atoms with Crippen LogP contribution in [-0.4, -0.2) is 6.04 Å². The van der Waals surface area contributed by atoms with Gasteiger partial charge in [-0.05, 0) is 62.1 Å². The van der Waals surface area contributed by atoms with Gasteiger partial charge in [-0.1, -0.05) is 36.2 Å². The molecule has 2 N–H and O–H groups in total. The van der Waals surface area contributed by atoms with Crippen LogP contribution in [-0.2, 0) is 12.8 Å². The molecule has 0 amide bonds. The Bertz CT molecular complexity index is 623. The second-order valence-electron chi connectivity index (χ2n) is 5.50. The zero-order chi connectivity index (χ0) is 15.4. The molecule has 2 nitrogen and oxygen atoms in total. The van der Waals surface area contributed by atoms with Gasteiger partial charge in [-0.2, -0.15) is 0 Å². The van der Waals surface area contributed by atoms with E-state index in [0.717, 1.165) is 40.5 Å². The number of ether oxygens (including phenoxy) is 1. The van der Waals surface area contributed by atoms with Crippen LogP contribution in [0.3, 0.4) is 0 Å². The van der Waals surface area contributed by atoms with E-state index in [-0.39, 0.29) is 6.04 Å². The van der Waals surface area contributed by atoms with Crippen molar-refractivity contribution in [3.8, 4) is 11.5 Å². The molecule has 0 saturated carbocycles. The number of aryl methyl sites for hydroxylation is 2. The lowest BCUT2D eigenvalue weighted by molar-refractivity contribution is 0.473. The highest BCUT2D eigenvalue weighted by Gasteiger charge is 2.09. The topological polar surface area (TPSA) is 35.2 Å². The van der Waals surface area contributed by atoms with Crippen LogP contribution in [0.1, 0.15) is 30.5 Å². The molecule has 1 unspecified atom stereocenters. The summed E-state index contributed by atoms with van der Waals surface area (Å²) in [6, 6.07) is 12.1. The van der Waals surface area contributed by atoms with Gasteiger partial charge in [0, 0.05) is 11.1 Å². The molecule has 21 heavy (non-hydrogen) atoms. The third-order valence-corrected chi connectivity index (χ3v) is 3.75. The lowest BCUT2D eigenvalue weighted by atomic mass is 10.0. The van der Waals surface area contributed by atoms with Crippen molar-refractivity contribution in [2.75, 3.05) is 0 Å². The van der Waals surface area contributed by atoms with E-state index in [1.54, 1.807) is 0 Å². The Morgan fingerprint density at radius 3 is 2.57 bits per heavy atom. The summed E-state index contributed by atoms with van der Waals surface area (Å²) in [5, 5.41) is 0.782. The molecule has 3 heteroatoms. The number of hydrogen-bond acceptors (Lipinski definition) is 2. The normalized spacial score (nSPS) is 12.2. The van der Waals surface area contributed by atoms with Crippen LogP contribution < -0.4 is 10.5 Å². The van der Waals surface area contributed by atoms with Crippen molar-refractivity contribution in [2.24, 2.45) is 5.73 Å². The second kappa shape index (κ2) is 6.97. The Balaban J connectivity index is 2.30. The first kappa shape index (κ1) is 15.9. The van der Waals surface area contributed by atoms with Gasteiger partial charge in [-0.3, -0.25) is 0 Å². The average molecular weight is 304 g/mol. The molecule has 0 saturated heterocycles. The van der Waals surface area contributed by atoms with Crippen LogP contribution in [0.25, 0.3) is 0 Å². The molecule has 0 heterocycles. The fourth-order valence-corrected chi connectivity index (χ4v) is 2.58. The zero-order valence-corrected chi connectivity index (χ0v) is 13.6. The van der Waals surface area contributed by atoms with Crippen molar-refractivity contribution in [3.05, 3.63) is 58.1 Å². The Morgan fingerprint density at radius 2 is 1.90 bits per heavy atom. The summed E-state index contributed by atoms with van der Waals surface area (Å²) in [5.74, 6) is 1.67. The minimum Gasteiger partial charge on any atom is -0.457 e. The van der Waals surface area contributed by atoms with Crippen LogP contribution in [0.4, 0.5) is 0 Å². The van der Waals surface area contributed by atoms with Gasteiger partial charge >= 0.3 is 0 Å². The number of rotatable bonds is 5. The number of benzene rings is 2. The fourth-order valence-electron chi connectivity index (χ4n) is 2.33. The molecular formula is C18H22ClNO. The smallest absolute Gasteiger partial charge is 0.130 e. The van der Waals surface area contributed by atoms with Crippen LogP contribution in [0.15, 0.2) is 36.4 Å². The van der Waals surface area contributed by atoms with Gasteiger partial charge in [0.05, 0.1) is 0 Å². The van der Waals surface area contributed by atoms with Crippen molar-refractivity contribution >= 4 is 11.6 Å². The first-order valence-electron chi connectivity index (χ1n) is 7.31. The molecule has 0 aliphatic heterocycles. The highest BCUT2D eigenvalue weighted by molar-refractivity contribution is 6.31. The lowest BCUT2D eigenvalue weighted by Crippen LogP contribution is -2.18. The van der Waals surface area contributed by atoms with E-state index in [9.17, 15) is 0 Å². The maximum Gasteiger partial charge on any atom is 0.130 e. The fraction of sp³-hybridized carbons (Fsp3) is 0.333. The van der Waals surface area contributed by atoms with Crippen LogP contribution in [0, 0.1) is 6.92 Å². The van der Waals surface area contributed by atoms with E-state index in [1.165, 1.54) is 5.56 Å². The zero-order valence-electron chi connectivity index (χ0n) is 12.8. The molecule has 2 aromatic rings. The van der Waals surface area contributed by atoms with E-state index in [2.05, 4.69) is 26.0 Å². The van der Waals surface area contributed by atoms with Gasteiger partial charge in [0.1, 0.15) is 11.5 Å². The number of halogens is 1. The minimum atomic E-state index is 0.102. The number of hydrogen-bond donors (Lipinski definition) is 1. The molecular weight excluding hydrogens is 282 g/mol. The van der Waals surface area contributed by atoms with Crippen molar-refractivity contribution < 1.29 is 4.74 Å². The monoisotopic (exact) mass is 303 g/mol. The SMILES string of the molecule is CCc1cc(Oc2ccc(C)cc2CC(C)N)ccc1Cl. The third-order valence-electron chi connectivity index (χ3n) is 3.38. The summed E-state index contributed by atoms with van der Waals surface area (Å²) in [5.41, 5.74) is 9.37. The summed E-state index contributed by atoms with van der Waals surface area (Å²) >= 11 is 6.15. The van der Waals surface area contributed by atoms with Crippen LogP contribution in [0.5, 0.6) is 11.5 Å². The van der Waals surface area contributed by atoms with E-state index in [1.807, 2.05) is 31.2 Å². The van der Waals surface area contributed by atoms with E-state index >= 15 is 0 Å². The molecule has 0 radical (unpaired) electrons. The third kappa shape index (κ3) is 4.23. The molecule has 0 spiro atoms. The Morgan fingerprint density at radius 1 is 1.14 bits per heavy atom. The summed E-state index contributed by atoms with van der Waals surface area (Å²) in [7, 11) is 0. The summed E-state index contributed by atoms with van der Waals surface area (Å²) in [6.07, 6.45) is 1.68. The van der Waals surface area contributed by atoms with Crippen LogP contribution >= 0.6 is 11.6 Å². The molecule has 1 atom stereocenters. The Hall–Kier alpha value is -1.51. The first-order chi connectivity index (χ1) is 9.99. The Kier molecular flexibility index (Phi) is 5.27. The summed E-state index contributed by atoms with van der Waals surface area (Å²) in [4.78, 5) is 0. The predicted molar refractivity (Wildman–Crippen MR) is 89.4 cm³/mol. The first-order valence-corrected chi connectivity index (χ1v) is 7.68. The summed E-state index contributed by atoms with van der Waals surface area (Å²) in [6.45, 7) is 6.16. The van der Waals surface area contributed by atoms with Gasteiger partial charge in [-0.25, -0.2) is 0 Å². The molecule has 0 aliphatic rings. The van der Waals surface area contributed by atoms with Gasteiger partial charge in [0.2, 0.25) is 0 Å². The molecule has 0 aromatic heterocycles. The molecule has 0 aliphatic carbocycles. The quantitative estimate of drug-likeness (QED) is 0.853. The second-order valence-corrected chi connectivity index (χ2v) is 5.91. The maximum atomic E-state index is 6.15. The van der Waals surface area contributed by atoms with Crippen molar-refractivity contribution in [1.29, 1.82) is 0 Å². The van der Waals surface area contributed by atoms with E-state index < -0.39 is 0 Å². The van der Waals surface area contributed by atoms with Crippen LogP contribution in [0.2, 0.25) is 5.02 Å². The van der Waals surface area contributed by atoms with Crippen molar-refractivity contribution in [2.45, 2.75) is 39.7 Å². The Labute approximate surface area is 131 Å². The highest BCUT2D eigenvalue weighted by Crippen LogP contribution is 2.30. The van der Waals surface area contributed by atoms with Gasteiger partial charge in [0.25, 0.3) is 0 Å². The molecule has 0 fully saturated rings. The molecule has 0 bridgehead atoms. The van der Waals surface area contributed by atoms with Crippen molar-refractivity contribution in [3.63, 3.8) is 0 Å². The molecule has 112 valence electrons. The lowest BCUT2D eigenvalue weighted by Gasteiger charge is -2.14.